The number of sulfonamides is 1. The van der Waals surface area contributed by atoms with E-state index in [9.17, 15) is 8.42 Å². The standard InChI is InChI=1S/C13H11Br2ClN2O2S/c1-7-5-8(14)10(17)6-12(7)21(19,20)18-11-4-2-3-9(16)13(11)15/h2-6,18H,17H2,1H3. The van der Waals surface area contributed by atoms with E-state index >= 15 is 0 Å². The smallest absolute Gasteiger partial charge is 0.262 e. The summed E-state index contributed by atoms with van der Waals surface area (Å²) in [5.74, 6) is 0. The molecule has 0 radical (unpaired) electrons. The molecular weight excluding hydrogens is 443 g/mol. The van der Waals surface area contributed by atoms with Crippen LogP contribution in [0.25, 0.3) is 0 Å². The van der Waals surface area contributed by atoms with Crippen LogP contribution in [0, 0.1) is 6.92 Å². The van der Waals surface area contributed by atoms with Crippen molar-refractivity contribution >= 4 is 64.9 Å². The molecule has 0 aliphatic rings. The SMILES string of the molecule is Cc1cc(Br)c(N)cc1S(=O)(=O)Nc1cccc(Cl)c1Br. The number of hydrogen-bond donors (Lipinski definition) is 2. The van der Waals surface area contributed by atoms with Crippen LogP contribution >= 0.6 is 43.5 Å². The summed E-state index contributed by atoms with van der Waals surface area (Å²) in [6, 6.07) is 8.02. The average Bonchev–Trinajstić information content (AvgIpc) is 2.39. The summed E-state index contributed by atoms with van der Waals surface area (Å²) < 4.78 is 28.6. The minimum absolute atomic E-state index is 0.120. The third kappa shape index (κ3) is 3.53. The molecule has 4 nitrogen and oxygen atoms in total. The van der Waals surface area contributed by atoms with E-state index in [1.54, 1.807) is 31.2 Å². The van der Waals surface area contributed by atoms with E-state index in [0.29, 0.717) is 30.9 Å². The van der Waals surface area contributed by atoms with Gasteiger partial charge in [0.05, 0.1) is 20.1 Å². The molecule has 112 valence electrons. The molecule has 0 unspecified atom stereocenters. The van der Waals surface area contributed by atoms with Gasteiger partial charge in [-0.05, 0) is 68.6 Å². The fourth-order valence-electron chi connectivity index (χ4n) is 1.74. The van der Waals surface area contributed by atoms with E-state index in [-0.39, 0.29) is 4.90 Å². The van der Waals surface area contributed by atoms with Gasteiger partial charge in [0.15, 0.2) is 0 Å². The Morgan fingerprint density at radius 1 is 1.24 bits per heavy atom. The number of nitrogen functional groups attached to an aromatic ring is 1. The Morgan fingerprint density at radius 2 is 1.90 bits per heavy atom. The maximum absolute atomic E-state index is 12.5. The van der Waals surface area contributed by atoms with E-state index < -0.39 is 10.0 Å². The van der Waals surface area contributed by atoms with Crippen molar-refractivity contribution in [3.8, 4) is 0 Å². The first kappa shape index (κ1) is 16.6. The van der Waals surface area contributed by atoms with E-state index in [4.69, 9.17) is 17.3 Å². The van der Waals surface area contributed by atoms with Gasteiger partial charge in [0.1, 0.15) is 0 Å². The van der Waals surface area contributed by atoms with Gasteiger partial charge < -0.3 is 5.73 Å². The lowest BCUT2D eigenvalue weighted by molar-refractivity contribution is 0.600. The average molecular weight is 455 g/mol. The molecule has 0 bridgehead atoms. The van der Waals surface area contributed by atoms with Crippen LogP contribution in [0.4, 0.5) is 11.4 Å². The van der Waals surface area contributed by atoms with Gasteiger partial charge in [-0.1, -0.05) is 17.7 Å². The molecular formula is C13H11Br2ClN2O2S. The number of aryl methyl sites for hydroxylation is 1. The highest BCUT2D eigenvalue weighted by Crippen LogP contribution is 2.33. The Balaban J connectivity index is 2.48. The first-order valence-corrected chi connectivity index (χ1v) is 9.19. The molecule has 2 rings (SSSR count). The second kappa shape index (κ2) is 6.16. The summed E-state index contributed by atoms with van der Waals surface area (Å²) >= 11 is 12.5. The van der Waals surface area contributed by atoms with E-state index in [1.165, 1.54) is 6.07 Å². The highest BCUT2D eigenvalue weighted by Gasteiger charge is 2.20. The predicted octanol–water partition coefficient (Wildman–Crippen LogP) is 4.56. The Kier molecular flexibility index (Phi) is 4.87. The molecule has 0 heterocycles. The zero-order chi connectivity index (χ0) is 15.8. The molecule has 0 aliphatic heterocycles. The summed E-state index contributed by atoms with van der Waals surface area (Å²) in [4.78, 5) is 0.120. The number of nitrogens with one attached hydrogen (secondary N) is 1. The first-order chi connectivity index (χ1) is 9.72. The second-order valence-corrected chi connectivity index (χ2v) is 8.05. The van der Waals surface area contributed by atoms with Gasteiger partial charge in [0.2, 0.25) is 0 Å². The van der Waals surface area contributed by atoms with Crippen molar-refractivity contribution in [1.82, 2.24) is 0 Å². The van der Waals surface area contributed by atoms with E-state index in [1.807, 2.05) is 0 Å². The summed E-state index contributed by atoms with van der Waals surface area (Å²) in [6.45, 7) is 1.70. The lowest BCUT2D eigenvalue weighted by Crippen LogP contribution is -2.15. The number of anilines is 2. The minimum atomic E-state index is -3.76. The van der Waals surface area contributed by atoms with Crippen LogP contribution in [0.1, 0.15) is 5.56 Å². The topological polar surface area (TPSA) is 72.2 Å². The minimum Gasteiger partial charge on any atom is -0.398 e. The molecule has 8 heteroatoms. The van der Waals surface area contributed by atoms with Crippen molar-refractivity contribution in [3.05, 3.63) is 49.9 Å². The van der Waals surface area contributed by atoms with Crippen LogP contribution in [0.5, 0.6) is 0 Å². The van der Waals surface area contributed by atoms with Crippen LogP contribution in [-0.2, 0) is 10.0 Å². The zero-order valence-electron chi connectivity index (χ0n) is 10.8. The molecule has 0 atom stereocenters. The van der Waals surface area contributed by atoms with Crippen LogP contribution in [0.2, 0.25) is 5.02 Å². The third-order valence-corrected chi connectivity index (χ3v) is 6.37. The fraction of sp³-hybridized carbons (Fsp3) is 0.0769. The molecule has 2 aromatic rings. The van der Waals surface area contributed by atoms with E-state index in [0.717, 1.165) is 0 Å². The Hall–Kier alpha value is -0.760. The van der Waals surface area contributed by atoms with Gasteiger partial charge in [-0.15, -0.1) is 0 Å². The molecule has 0 aliphatic carbocycles. The maximum atomic E-state index is 12.5. The highest BCUT2D eigenvalue weighted by atomic mass is 79.9. The van der Waals surface area contributed by atoms with Crippen LogP contribution in [-0.4, -0.2) is 8.42 Å². The number of benzene rings is 2. The third-order valence-electron chi connectivity index (χ3n) is 2.78. The van der Waals surface area contributed by atoms with Crippen molar-refractivity contribution in [2.75, 3.05) is 10.5 Å². The van der Waals surface area contributed by atoms with Crippen LogP contribution in [0.15, 0.2) is 44.2 Å². The van der Waals surface area contributed by atoms with Crippen molar-refractivity contribution in [3.63, 3.8) is 0 Å². The van der Waals surface area contributed by atoms with Crippen molar-refractivity contribution in [2.45, 2.75) is 11.8 Å². The van der Waals surface area contributed by atoms with Crippen molar-refractivity contribution in [2.24, 2.45) is 0 Å². The van der Waals surface area contributed by atoms with Gasteiger partial charge in [0, 0.05) is 10.2 Å². The summed E-state index contributed by atoms with van der Waals surface area (Å²) in [5.41, 5.74) is 7.07. The lowest BCUT2D eigenvalue weighted by Gasteiger charge is -2.13. The van der Waals surface area contributed by atoms with Crippen molar-refractivity contribution < 1.29 is 8.42 Å². The molecule has 0 saturated heterocycles. The van der Waals surface area contributed by atoms with Gasteiger partial charge in [-0.2, -0.15) is 0 Å². The normalized spacial score (nSPS) is 11.4. The van der Waals surface area contributed by atoms with Gasteiger partial charge in [-0.3, -0.25) is 4.72 Å². The van der Waals surface area contributed by atoms with Crippen LogP contribution < -0.4 is 10.5 Å². The second-order valence-electron chi connectivity index (χ2n) is 4.35. The zero-order valence-corrected chi connectivity index (χ0v) is 15.6. The molecule has 3 N–H and O–H groups in total. The molecule has 0 saturated carbocycles. The summed E-state index contributed by atoms with van der Waals surface area (Å²) in [6.07, 6.45) is 0. The first-order valence-electron chi connectivity index (χ1n) is 5.75. The molecule has 21 heavy (non-hydrogen) atoms. The summed E-state index contributed by atoms with van der Waals surface area (Å²) in [5, 5.41) is 0.419. The maximum Gasteiger partial charge on any atom is 0.262 e. The van der Waals surface area contributed by atoms with E-state index in [2.05, 4.69) is 36.6 Å². The quantitative estimate of drug-likeness (QED) is 0.668. The Bertz CT molecular complexity index is 810. The number of nitrogens with two attached hydrogens (primary N) is 1. The monoisotopic (exact) mass is 452 g/mol. The molecule has 0 aromatic heterocycles. The predicted molar refractivity (Wildman–Crippen MR) is 93.3 cm³/mol. The van der Waals surface area contributed by atoms with Crippen molar-refractivity contribution in [1.29, 1.82) is 0 Å². The largest absolute Gasteiger partial charge is 0.398 e. The Labute approximate surface area is 145 Å². The van der Waals surface area contributed by atoms with Crippen LogP contribution in [0.3, 0.4) is 0 Å². The number of halogens is 3. The Morgan fingerprint density at radius 3 is 2.57 bits per heavy atom. The molecule has 0 fully saturated rings. The molecule has 0 spiro atoms. The highest BCUT2D eigenvalue weighted by molar-refractivity contribution is 9.11. The van der Waals surface area contributed by atoms with Gasteiger partial charge in [-0.25, -0.2) is 8.42 Å². The molecule has 2 aromatic carbocycles. The fourth-order valence-corrected chi connectivity index (χ4v) is 4.20. The number of hydrogen-bond acceptors (Lipinski definition) is 3. The van der Waals surface area contributed by atoms with Gasteiger partial charge >= 0.3 is 0 Å². The lowest BCUT2D eigenvalue weighted by atomic mass is 10.2. The number of rotatable bonds is 3. The summed E-state index contributed by atoms with van der Waals surface area (Å²) in [7, 11) is -3.76. The van der Waals surface area contributed by atoms with Gasteiger partial charge in [0.25, 0.3) is 10.0 Å². The molecule has 0 amide bonds.